The highest BCUT2D eigenvalue weighted by Gasteiger charge is 2.48. The molecule has 0 N–H and O–H groups in total. The Labute approximate surface area is 336 Å². The third kappa shape index (κ3) is 4.95. The molecule has 2 nitrogen and oxygen atoms in total. The standard InChI is InChI=1S/C53H45ClN2/c54-51-48(55(37-18-4-1-5-19-37)39-30-31-42-40-22-8-10-25-44(40)52(46(42)36-39)32-12-3-13-33-52)28-17-29-49(51)56(38-20-6-2-7-21-38)47-27-16-24-43-41-23-9-11-26-45(41)53(50(43)47)34-14-15-35-53/h1-2,4-11,16-31,36H,3,12-15,32-35H2. The molecule has 0 aliphatic heterocycles. The fourth-order valence-corrected chi connectivity index (χ4v) is 11.6. The lowest BCUT2D eigenvalue weighted by molar-refractivity contribution is 0.353. The van der Waals surface area contributed by atoms with Gasteiger partial charge in [0.05, 0.1) is 22.1 Å². The zero-order valence-electron chi connectivity index (χ0n) is 31.7. The molecule has 274 valence electrons. The number of para-hydroxylation sites is 2. The molecule has 2 fully saturated rings. The fourth-order valence-electron chi connectivity index (χ4n) is 11.3. The van der Waals surface area contributed by atoms with Gasteiger partial charge in [0.2, 0.25) is 0 Å². The topological polar surface area (TPSA) is 6.48 Å². The van der Waals surface area contributed by atoms with Gasteiger partial charge in [-0.05, 0) is 125 Å². The van der Waals surface area contributed by atoms with E-state index in [9.17, 15) is 0 Å². The molecule has 56 heavy (non-hydrogen) atoms. The van der Waals surface area contributed by atoms with Crippen molar-refractivity contribution in [3.63, 3.8) is 0 Å². The van der Waals surface area contributed by atoms with Crippen LogP contribution in [0.2, 0.25) is 5.02 Å². The van der Waals surface area contributed by atoms with Crippen molar-refractivity contribution in [3.05, 3.63) is 191 Å². The largest absolute Gasteiger partial charge is 0.309 e. The van der Waals surface area contributed by atoms with Gasteiger partial charge in [0, 0.05) is 27.9 Å². The molecule has 0 atom stereocenters. The van der Waals surface area contributed by atoms with E-state index in [2.05, 4.69) is 174 Å². The van der Waals surface area contributed by atoms with Crippen LogP contribution >= 0.6 is 11.6 Å². The van der Waals surface area contributed by atoms with Crippen molar-refractivity contribution in [2.24, 2.45) is 0 Å². The molecule has 0 unspecified atom stereocenters. The van der Waals surface area contributed by atoms with Crippen LogP contribution in [0.25, 0.3) is 22.3 Å². The van der Waals surface area contributed by atoms with E-state index in [1.807, 2.05) is 0 Å². The van der Waals surface area contributed by atoms with Gasteiger partial charge < -0.3 is 9.80 Å². The Bertz CT molecular complexity index is 2600. The Hall–Kier alpha value is -5.57. The first-order valence-electron chi connectivity index (χ1n) is 20.6. The Balaban J connectivity index is 1.11. The van der Waals surface area contributed by atoms with E-state index < -0.39 is 0 Å². The van der Waals surface area contributed by atoms with Crippen molar-refractivity contribution in [1.29, 1.82) is 0 Å². The maximum Gasteiger partial charge on any atom is 0.0887 e. The molecule has 4 aliphatic carbocycles. The minimum absolute atomic E-state index is 0.00716. The normalized spacial score (nSPS) is 16.7. The van der Waals surface area contributed by atoms with Crippen molar-refractivity contribution in [2.45, 2.75) is 68.6 Å². The summed E-state index contributed by atoms with van der Waals surface area (Å²) >= 11 is 7.94. The molecule has 0 radical (unpaired) electrons. The number of hydrogen-bond donors (Lipinski definition) is 0. The molecular formula is C53H45ClN2. The van der Waals surface area contributed by atoms with E-state index in [0.29, 0.717) is 0 Å². The van der Waals surface area contributed by atoms with Crippen LogP contribution in [0.5, 0.6) is 0 Å². The van der Waals surface area contributed by atoms with Gasteiger partial charge in [-0.2, -0.15) is 0 Å². The molecule has 0 heterocycles. The molecule has 0 saturated heterocycles. The van der Waals surface area contributed by atoms with Gasteiger partial charge in [-0.25, -0.2) is 0 Å². The van der Waals surface area contributed by atoms with Gasteiger partial charge in [0.1, 0.15) is 0 Å². The Morgan fingerprint density at radius 3 is 1.54 bits per heavy atom. The summed E-state index contributed by atoms with van der Waals surface area (Å²) in [6.45, 7) is 0. The smallest absolute Gasteiger partial charge is 0.0887 e. The third-order valence-electron chi connectivity index (χ3n) is 13.6. The van der Waals surface area contributed by atoms with Gasteiger partial charge in [-0.1, -0.05) is 153 Å². The molecule has 0 aromatic heterocycles. The minimum Gasteiger partial charge on any atom is -0.309 e. The summed E-state index contributed by atoms with van der Waals surface area (Å²) in [6, 6.07) is 60.6. The predicted octanol–water partition coefficient (Wildman–Crippen LogP) is 15.4. The number of benzene rings is 7. The summed E-state index contributed by atoms with van der Waals surface area (Å²) in [7, 11) is 0. The van der Waals surface area contributed by atoms with Crippen LogP contribution in [0.4, 0.5) is 34.1 Å². The van der Waals surface area contributed by atoms with E-state index in [1.54, 1.807) is 0 Å². The van der Waals surface area contributed by atoms with Gasteiger partial charge >= 0.3 is 0 Å². The molecular weight excluding hydrogens is 700 g/mol. The average Bonchev–Trinajstić information content (AvgIpc) is 3.94. The lowest BCUT2D eigenvalue weighted by Crippen LogP contribution is -2.28. The summed E-state index contributed by atoms with van der Waals surface area (Å²) in [5.74, 6) is 0. The van der Waals surface area contributed by atoms with Crippen LogP contribution in [0.3, 0.4) is 0 Å². The first-order valence-corrected chi connectivity index (χ1v) is 21.0. The van der Waals surface area contributed by atoms with Crippen molar-refractivity contribution in [3.8, 4) is 22.3 Å². The van der Waals surface area contributed by atoms with Gasteiger partial charge in [0.15, 0.2) is 0 Å². The second kappa shape index (κ2) is 13.3. The maximum absolute atomic E-state index is 7.94. The van der Waals surface area contributed by atoms with Crippen LogP contribution < -0.4 is 9.80 Å². The van der Waals surface area contributed by atoms with E-state index in [4.69, 9.17) is 11.6 Å². The predicted molar refractivity (Wildman–Crippen MR) is 235 cm³/mol. The molecule has 0 bridgehead atoms. The molecule has 4 aliphatic rings. The summed E-state index contributed by atoms with van der Waals surface area (Å²) in [6.07, 6.45) is 11.0. The van der Waals surface area contributed by atoms with Crippen LogP contribution in [-0.2, 0) is 10.8 Å². The van der Waals surface area contributed by atoms with Crippen molar-refractivity contribution in [1.82, 2.24) is 0 Å². The second-order valence-electron chi connectivity index (χ2n) is 16.4. The highest BCUT2D eigenvalue weighted by molar-refractivity contribution is 6.36. The average molecular weight is 745 g/mol. The maximum atomic E-state index is 7.94. The van der Waals surface area contributed by atoms with E-state index in [0.717, 1.165) is 46.3 Å². The number of rotatable bonds is 6. The first kappa shape index (κ1) is 33.7. The molecule has 0 amide bonds. The molecule has 3 heteroatoms. The monoisotopic (exact) mass is 744 g/mol. The molecule has 7 aromatic carbocycles. The SMILES string of the molecule is Clc1c(N(c2ccccc2)c2ccc3c(c2)C2(CCCCC2)c2ccccc2-3)cccc1N(c1ccccc1)c1cccc2c1C1(CCCC1)c1ccccc1-2. The molecule has 11 rings (SSSR count). The Morgan fingerprint density at radius 1 is 0.357 bits per heavy atom. The van der Waals surface area contributed by atoms with E-state index >= 15 is 0 Å². The number of hydrogen-bond acceptors (Lipinski definition) is 2. The number of halogens is 1. The quantitative estimate of drug-likeness (QED) is 0.167. The number of anilines is 6. The lowest BCUT2D eigenvalue weighted by Gasteiger charge is -2.37. The van der Waals surface area contributed by atoms with E-state index in [1.165, 1.54) is 95.1 Å². The van der Waals surface area contributed by atoms with Gasteiger partial charge in [-0.3, -0.25) is 0 Å². The van der Waals surface area contributed by atoms with Crippen LogP contribution in [0, 0.1) is 0 Å². The Kier molecular flexibility index (Phi) is 8.00. The summed E-state index contributed by atoms with van der Waals surface area (Å²) in [5, 5.41) is 0.727. The van der Waals surface area contributed by atoms with Gasteiger partial charge in [-0.15, -0.1) is 0 Å². The van der Waals surface area contributed by atoms with E-state index in [-0.39, 0.29) is 10.8 Å². The minimum atomic E-state index is -0.00716. The summed E-state index contributed by atoms with van der Waals surface area (Å²) < 4.78 is 0. The summed E-state index contributed by atoms with van der Waals surface area (Å²) in [5.41, 5.74) is 18.0. The van der Waals surface area contributed by atoms with Gasteiger partial charge in [0.25, 0.3) is 0 Å². The second-order valence-corrected chi connectivity index (χ2v) is 16.8. The van der Waals surface area contributed by atoms with Crippen LogP contribution in [0.1, 0.15) is 80.0 Å². The Morgan fingerprint density at radius 2 is 0.839 bits per heavy atom. The highest BCUT2D eigenvalue weighted by atomic mass is 35.5. The molecule has 2 saturated carbocycles. The highest BCUT2D eigenvalue weighted by Crippen LogP contribution is 2.61. The molecule has 7 aromatic rings. The fraction of sp³-hybridized carbons (Fsp3) is 0.208. The van der Waals surface area contributed by atoms with Crippen molar-refractivity contribution in [2.75, 3.05) is 9.80 Å². The third-order valence-corrected chi connectivity index (χ3v) is 14.0. The zero-order chi connectivity index (χ0) is 37.3. The van der Waals surface area contributed by atoms with Crippen LogP contribution in [-0.4, -0.2) is 0 Å². The van der Waals surface area contributed by atoms with Crippen molar-refractivity contribution >= 4 is 45.7 Å². The zero-order valence-corrected chi connectivity index (χ0v) is 32.5. The molecule has 2 spiro atoms. The van der Waals surface area contributed by atoms with Crippen molar-refractivity contribution < 1.29 is 0 Å². The first-order chi connectivity index (χ1) is 27.7. The summed E-state index contributed by atoms with van der Waals surface area (Å²) in [4.78, 5) is 4.83. The van der Waals surface area contributed by atoms with Crippen LogP contribution in [0.15, 0.2) is 164 Å². The lowest BCUT2D eigenvalue weighted by atomic mass is 9.68. The number of fused-ring (bicyclic) bond motifs is 10. The number of nitrogens with zero attached hydrogens (tertiary/aromatic N) is 2.